The first-order valence-corrected chi connectivity index (χ1v) is 10.2. The van der Waals surface area contributed by atoms with Crippen molar-refractivity contribution in [2.75, 3.05) is 33.7 Å². The molecule has 1 aromatic rings. The Labute approximate surface area is 157 Å². The largest absolute Gasteiger partial charge is 0.365 e. The molecule has 3 aliphatic rings. The predicted molar refractivity (Wildman–Crippen MR) is 105 cm³/mol. The highest BCUT2D eigenvalue weighted by Gasteiger charge is 2.51. The highest BCUT2D eigenvalue weighted by molar-refractivity contribution is 5.26. The van der Waals surface area contributed by atoms with E-state index < -0.39 is 6.35 Å². The average Bonchev–Trinajstić information content (AvgIpc) is 3.00. The van der Waals surface area contributed by atoms with Crippen LogP contribution in [-0.2, 0) is 5.54 Å². The summed E-state index contributed by atoms with van der Waals surface area (Å²) in [6.07, 6.45) is 6.27. The van der Waals surface area contributed by atoms with Crippen LogP contribution in [0.25, 0.3) is 0 Å². The molecular formula is C21H34N4O. The van der Waals surface area contributed by atoms with Crippen LogP contribution in [0.1, 0.15) is 44.1 Å². The number of nitrogens with zero attached hydrogens (tertiary/aromatic N) is 2. The lowest BCUT2D eigenvalue weighted by Crippen LogP contribution is -2.54. The fourth-order valence-electron chi connectivity index (χ4n) is 5.49. The van der Waals surface area contributed by atoms with Gasteiger partial charge in [-0.2, -0.15) is 0 Å². The quantitative estimate of drug-likeness (QED) is 0.768. The van der Waals surface area contributed by atoms with E-state index in [0.717, 1.165) is 58.2 Å². The Morgan fingerprint density at radius 3 is 2.31 bits per heavy atom. The summed E-state index contributed by atoms with van der Waals surface area (Å²) in [5.41, 5.74) is 1.61. The highest BCUT2D eigenvalue weighted by Crippen LogP contribution is 2.46. The first-order chi connectivity index (χ1) is 12.5. The zero-order chi connectivity index (χ0) is 18.2. The van der Waals surface area contributed by atoms with Crippen LogP contribution in [0.3, 0.4) is 0 Å². The van der Waals surface area contributed by atoms with Gasteiger partial charge in [-0.25, -0.2) is 0 Å². The maximum Gasteiger partial charge on any atom is 0.163 e. The van der Waals surface area contributed by atoms with E-state index in [1.54, 1.807) is 0 Å². The van der Waals surface area contributed by atoms with Crippen LogP contribution in [0, 0.1) is 0 Å². The van der Waals surface area contributed by atoms with Crippen molar-refractivity contribution in [2.24, 2.45) is 0 Å². The van der Waals surface area contributed by atoms with Crippen molar-refractivity contribution in [3.63, 3.8) is 0 Å². The first kappa shape index (κ1) is 18.4. The Morgan fingerprint density at radius 1 is 1.04 bits per heavy atom. The van der Waals surface area contributed by atoms with Gasteiger partial charge in [-0.05, 0) is 71.3 Å². The monoisotopic (exact) mass is 358 g/mol. The summed E-state index contributed by atoms with van der Waals surface area (Å²) < 4.78 is 0. The molecule has 1 unspecified atom stereocenters. The van der Waals surface area contributed by atoms with Crippen LogP contribution in [0.2, 0.25) is 0 Å². The van der Waals surface area contributed by atoms with Crippen molar-refractivity contribution >= 4 is 0 Å². The van der Waals surface area contributed by atoms with E-state index >= 15 is 0 Å². The zero-order valence-electron chi connectivity index (χ0n) is 16.2. The minimum atomic E-state index is -0.485. The molecule has 1 saturated carbocycles. The van der Waals surface area contributed by atoms with Gasteiger partial charge in [0.25, 0.3) is 0 Å². The number of nitrogens with one attached hydrogen (secondary N) is 2. The summed E-state index contributed by atoms with van der Waals surface area (Å²) in [5, 5.41) is 17.7. The third kappa shape index (κ3) is 3.20. The van der Waals surface area contributed by atoms with E-state index in [-0.39, 0.29) is 11.1 Å². The summed E-state index contributed by atoms with van der Waals surface area (Å²) in [6.45, 7) is 3.12. The topological polar surface area (TPSA) is 50.8 Å². The number of hydrogen-bond acceptors (Lipinski definition) is 5. The maximum absolute atomic E-state index is 10.7. The van der Waals surface area contributed by atoms with Crippen molar-refractivity contribution in [3.8, 4) is 0 Å². The molecule has 2 heterocycles. The Balaban J connectivity index is 1.48. The standard InChI is InChI=1S/C21H34N4O/c1-24(2)21(17-6-4-3-5-7-17)12-10-20(11-13-21)16-25(19(26)23-20)18-8-14-22-15-9-18/h3-7,18-19,22-23,26H,8-16H2,1-2H3. The van der Waals surface area contributed by atoms with Gasteiger partial charge < -0.3 is 10.4 Å². The van der Waals surface area contributed by atoms with E-state index in [0.29, 0.717) is 6.04 Å². The number of benzene rings is 1. The lowest BCUT2D eigenvalue weighted by atomic mass is 9.69. The Kier molecular flexibility index (Phi) is 5.10. The van der Waals surface area contributed by atoms with Crippen LogP contribution in [0.5, 0.6) is 0 Å². The van der Waals surface area contributed by atoms with Crippen LogP contribution < -0.4 is 10.6 Å². The number of hydrogen-bond donors (Lipinski definition) is 3. The summed E-state index contributed by atoms with van der Waals surface area (Å²) in [5.74, 6) is 0. The maximum atomic E-state index is 10.7. The normalized spacial score (nSPS) is 36.8. The smallest absolute Gasteiger partial charge is 0.163 e. The summed E-state index contributed by atoms with van der Waals surface area (Å²) in [4.78, 5) is 4.73. The van der Waals surface area contributed by atoms with Crippen molar-refractivity contribution in [1.29, 1.82) is 0 Å². The Morgan fingerprint density at radius 2 is 1.69 bits per heavy atom. The molecule has 0 aromatic heterocycles. The van der Waals surface area contributed by atoms with Crippen LogP contribution in [-0.4, -0.2) is 66.6 Å². The second kappa shape index (κ2) is 7.21. The van der Waals surface area contributed by atoms with Gasteiger partial charge in [0.1, 0.15) is 0 Å². The van der Waals surface area contributed by atoms with E-state index in [1.807, 2.05) is 0 Å². The Bertz CT molecular complexity index is 591. The van der Waals surface area contributed by atoms with Gasteiger partial charge in [0.05, 0.1) is 0 Å². The van der Waals surface area contributed by atoms with E-state index in [2.05, 4.69) is 64.9 Å². The summed E-state index contributed by atoms with van der Waals surface area (Å²) in [6, 6.07) is 11.5. The van der Waals surface area contributed by atoms with Crippen LogP contribution in [0.15, 0.2) is 30.3 Å². The van der Waals surface area contributed by atoms with E-state index in [1.165, 1.54) is 5.56 Å². The van der Waals surface area contributed by atoms with Gasteiger partial charge in [0.15, 0.2) is 6.35 Å². The molecule has 4 rings (SSSR count). The molecule has 0 radical (unpaired) electrons. The molecule has 1 spiro atoms. The lowest BCUT2D eigenvalue weighted by Gasteiger charge is -2.49. The molecule has 5 nitrogen and oxygen atoms in total. The molecule has 1 aromatic carbocycles. The molecule has 0 bridgehead atoms. The molecule has 3 fully saturated rings. The number of piperidine rings is 1. The fourth-order valence-corrected chi connectivity index (χ4v) is 5.49. The summed E-state index contributed by atoms with van der Waals surface area (Å²) in [7, 11) is 4.42. The minimum absolute atomic E-state index is 0.0680. The molecule has 1 aliphatic carbocycles. The fraction of sp³-hybridized carbons (Fsp3) is 0.714. The number of rotatable bonds is 3. The predicted octanol–water partition coefficient (Wildman–Crippen LogP) is 1.69. The molecule has 2 saturated heterocycles. The number of aliphatic hydroxyl groups is 1. The zero-order valence-corrected chi connectivity index (χ0v) is 16.2. The highest BCUT2D eigenvalue weighted by atomic mass is 16.3. The SMILES string of the molecule is CN(C)C1(c2ccccc2)CCC2(CC1)CN(C1CCNCC1)C(O)N2. The van der Waals surface area contributed by atoms with Gasteiger partial charge in [-0.3, -0.25) is 15.1 Å². The molecule has 2 aliphatic heterocycles. The Hall–Kier alpha value is -0.980. The minimum Gasteiger partial charge on any atom is -0.365 e. The van der Waals surface area contributed by atoms with Gasteiger partial charge in [-0.1, -0.05) is 30.3 Å². The second-order valence-electron chi connectivity index (χ2n) is 8.74. The lowest BCUT2D eigenvalue weighted by molar-refractivity contribution is -0.0142. The van der Waals surface area contributed by atoms with Crippen molar-refractivity contribution < 1.29 is 5.11 Å². The molecule has 0 amide bonds. The molecule has 3 N–H and O–H groups in total. The third-order valence-electron chi connectivity index (χ3n) is 7.21. The van der Waals surface area contributed by atoms with E-state index in [4.69, 9.17) is 0 Å². The van der Waals surface area contributed by atoms with Crippen molar-refractivity contribution in [2.45, 2.75) is 62.0 Å². The number of aliphatic hydroxyl groups excluding tert-OH is 1. The summed E-state index contributed by atoms with van der Waals surface area (Å²) >= 11 is 0. The average molecular weight is 359 g/mol. The first-order valence-electron chi connectivity index (χ1n) is 10.2. The molecule has 26 heavy (non-hydrogen) atoms. The van der Waals surface area contributed by atoms with Crippen LogP contribution in [0.4, 0.5) is 0 Å². The molecular weight excluding hydrogens is 324 g/mol. The second-order valence-corrected chi connectivity index (χ2v) is 8.74. The molecule has 144 valence electrons. The molecule has 5 heteroatoms. The molecule has 1 atom stereocenters. The van der Waals surface area contributed by atoms with Crippen molar-refractivity contribution in [1.82, 2.24) is 20.4 Å². The van der Waals surface area contributed by atoms with Crippen LogP contribution >= 0.6 is 0 Å². The van der Waals surface area contributed by atoms with E-state index in [9.17, 15) is 5.11 Å². The third-order valence-corrected chi connectivity index (χ3v) is 7.21. The van der Waals surface area contributed by atoms with Gasteiger partial charge >= 0.3 is 0 Å². The van der Waals surface area contributed by atoms with Gasteiger partial charge in [-0.15, -0.1) is 0 Å². The van der Waals surface area contributed by atoms with Gasteiger partial charge in [0, 0.05) is 23.7 Å². The van der Waals surface area contributed by atoms with Crippen molar-refractivity contribution in [3.05, 3.63) is 35.9 Å². The van der Waals surface area contributed by atoms with Gasteiger partial charge in [0.2, 0.25) is 0 Å².